The van der Waals surface area contributed by atoms with Crippen LogP contribution in [0.2, 0.25) is 0 Å². The van der Waals surface area contributed by atoms with Crippen LogP contribution >= 0.6 is 0 Å². The van der Waals surface area contributed by atoms with Gasteiger partial charge in [0.1, 0.15) is 0 Å². The quantitative estimate of drug-likeness (QED) is 0.662. The molecule has 0 bridgehead atoms. The van der Waals surface area contributed by atoms with Gasteiger partial charge in [0.2, 0.25) is 15.9 Å². The molecule has 0 atom stereocenters. The van der Waals surface area contributed by atoms with Gasteiger partial charge in [0.15, 0.2) is 0 Å². The minimum Gasteiger partial charge on any atom is -0.469 e. The van der Waals surface area contributed by atoms with Crippen LogP contribution < -0.4 is 10.5 Å². The van der Waals surface area contributed by atoms with Crippen molar-refractivity contribution in [2.75, 3.05) is 13.7 Å². The van der Waals surface area contributed by atoms with Crippen LogP contribution in [-0.2, 0) is 30.8 Å². The first-order chi connectivity index (χ1) is 8.85. The molecule has 0 aliphatic carbocycles. The number of methoxy groups -OCH3 is 1. The Morgan fingerprint density at radius 2 is 1.84 bits per heavy atom. The summed E-state index contributed by atoms with van der Waals surface area (Å²) < 4.78 is 30.0. The highest BCUT2D eigenvalue weighted by molar-refractivity contribution is 7.89. The van der Waals surface area contributed by atoms with Gasteiger partial charge in [-0.05, 0) is 17.7 Å². The topological polar surface area (TPSA) is 116 Å². The standard InChI is InChI=1S/C11H14N2O5S/c1-18-11(15)6-8-2-4-9(5-3-8)19(16,17)13-7-10(12)14/h2-5,13H,6-7H2,1H3,(H2,12,14). The lowest BCUT2D eigenvalue weighted by Gasteiger charge is -2.06. The van der Waals surface area contributed by atoms with Crippen LogP contribution in [0.5, 0.6) is 0 Å². The zero-order chi connectivity index (χ0) is 14.5. The molecule has 0 aromatic heterocycles. The van der Waals surface area contributed by atoms with E-state index in [1.54, 1.807) is 0 Å². The second-order valence-corrected chi connectivity index (χ2v) is 5.45. The molecule has 0 saturated heterocycles. The Kier molecular flexibility index (Phi) is 5.02. The lowest BCUT2D eigenvalue weighted by atomic mass is 10.2. The number of sulfonamides is 1. The summed E-state index contributed by atoms with van der Waals surface area (Å²) in [6.07, 6.45) is 0.0611. The van der Waals surface area contributed by atoms with E-state index in [-0.39, 0.29) is 11.3 Å². The second kappa shape index (κ2) is 6.30. The fourth-order valence-corrected chi connectivity index (χ4v) is 2.27. The molecule has 0 aliphatic heterocycles. The molecule has 0 radical (unpaired) electrons. The van der Waals surface area contributed by atoms with Crippen LogP contribution in [0.3, 0.4) is 0 Å². The van der Waals surface area contributed by atoms with Gasteiger partial charge in [-0.15, -0.1) is 0 Å². The molecule has 0 aliphatic rings. The van der Waals surface area contributed by atoms with Gasteiger partial charge in [0, 0.05) is 0 Å². The number of benzene rings is 1. The molecule has 1 aromatic rings. The summed E-state index contributed by atoms with van der Waals surface area (Å²) in [5.74, 6) is -1.19. The van der Waals surface area contributed by atoms with E-state index in [4.69, 9.17) is 5.73 Å². The third-order valence-electron chi connectivity index (χ3n) is 2.25. The number of carbonyl (C=O) groups is 2. The molecule has 8 heteroatoms. The normalized spacial score (nSPS) is 11.0. The van der Waals surface area contributed by atoms with Crippen LogP contribution in [0.1, 0.15) is 5.56 Å². The first kappa shape index (κ1) is 15.1. The number of nitrogens with one attached hydrogen (secondary N) is 1. The van der Waals surface area contributed by atoms with Gasteiger partial charge in [-0.25, -0.2) is 13.1 Å². The van der Waals surface area contributed by atoms with Crippen LogP contribution in [0.4, 0.5) is 0 Å². The average molecular weight is 286 g/mol. The molecule has 104 valence electrons. The average Bonchev–Trinajstić information content (AvgIpc) is 2.37. The van der Waals surface area contributed by atoms with Crippen molar-refractivity contribution in [3.63, 3.8) is 0 Å². The predicted octanol–water partition coefficient (Wildman–Crippen LogP) is -0.834. The minimum absolute atomic E-state index is 0.0117. The molecule has 3 N–H and O–H groups in total. The van der Waals surface area contributed by atoms with Gasteiger partial charge in [-0.1, -0.05) is 12.1 Å². The molecule has 0 spiro atoms. The van der Waals surface area contributed by atoms with Crippen LogP contribution in [0.25, 0.3) is 0 Å². The fourth-order valence-electron chi connectivity index (χ4n) is 1.27. The van der Waals surface area contributed by atoms with E-state index in [1.807, 2.05) is 0 Å². The van der Waals surface area contributed by atoms with Crippen molar-refractivity contribution in [3.05, 3.63) is 29.8 Å². The van der Waals surface area contributed by atoms with Gasteiger partial charge in [-0.2, -0.15) is 0 Å². The van der Waals surface area contributed by atoms with E-state index < -0.39 is 28.4 Å². The zero-order valence-corrected chi connectivity index (χ0v) is 11.1. The summed E-state index contributed by atoms with van der Waals surface area (Å²) in [5, 5.41) is 0. The molecule has 0 unspecified atom stereocenters. The van der Waals surface area contributed by atoms with E-state index in [2.05, 4.69) is 9.46 Å². The lowest BCUT2D eigenvalue weighted by molar-refractivity contribution is -0.139. The van der Waals surface area contributed by atoms with Gasteiger partial charge in [0.05, 0.1) is 25.0 Å². The Hall–Kier alpha value is -1.93. The molecule has 19 heavy (non-hydrogen) atoms. The van der Waals surface area contributed by atoms with Crippen LogP contribution in [0, 0.1) is 0 Å². The highest BCUT2D eigenvalue weighted by atomic mass is 32.2. The Bertz CT molecular complexity index is 565. The number of amides is 1. The third kappa shape index (κ3) is 4.68. The Balaban J connectivity index is 2.80. The van der Waals surface area contributed by atoms with E-state index in [1.165, 1.54) is 31.4 Å². The maximum absolute atomic E-state index is 11.7. The van der Waals surface area contributed by atoms with Crippen molar-refractivity contribution in [1.82, 2.24) is 4.72 Å². The highest BCUT2D eigenvalue weighted by Crippen LogP contribution is 2.11. The van der Waals surface area contributed by atoms with Gasteiger partial charge in [0.25, 0.3) is 0 Å². The number of nitrogens with two attached hydrogens (primary N) is 1. The third-order valence-corrected chi connectivity index (χ3v) is 3.66. The predicted molar refractivity (Wildman–Crippen MR) is 66.5 cm³/mol. The van der Waals surface area contributed by atoms with E-state index in [9.17, 15) is 18.0 Å². The summed E-state index contributed by atoms with van der Waals surface area (Å²) in [6, 6.07) is 5.66. The first-order valence-corrected chi connectivity index (χ1v) is 6.77. The van der Waals surface area contributed by atoms with E-state index in [0.717, 1.165) is 0 Å². The minimum atomic E-state index is -3.77. The summed E-state index contributed by atoms with van der Waals surface area (Å²) in [5.41, 5.74) is 5.48. The molecule has 0 heterocycles. The summed E-state index contributed by atoms with van der Waals surface area (Å²) in [6.45, 7) is -0.466. The van der Waals surface area contributed by atoms with Crippen molar-refractivity contribution in [2.45, 2.75) is 11.3 Å². The molecule has 0 saturated carbocycles. The number of ether oxygens (including phenoxy) is 1. The number of primary amides is 1. The van der Waals surface area contributed by atoms with Gasteiger partial charge in [-0.3, -0.25) is 9.59 Å². The van der Waals surface area contributed by atoms with Crippen molar-refractivity contribution in [1.29, 1.82) is 0 Å². The molecular formula is C11H14N2O5S. The van der Waals surface area contributed by atoms with Crippen molar-refractivity contribution in [3.8, 4) is 0 Å². The van der Waals surface area contributed by atoms with Crippen molar-refractivity contribution >= 4 is 21.9 Å². The highest BCUT2D eigenvalue weighted by Gasteiger charge is 2.14. The maximum Gasteiger partial charge on any atom is 0.309 e. The number of esters is 1. The number of hydrogen-bond acceptors (Lipinski definition) is 5. The lowest BCUT2D eigenvalue weighted by Crippen LogP contribution is -2.33. The van der Waals surface area contributed by atoms with Crippen LogP contribution in [0.15, 0.2) is 29.2 Å². The SMILES string of the molecule is COC(=O)Cc1ccc(S(=O)(=O)NCC(N)=O)cc1. The maximum atomic E-state index is 11.7. The number of hydrogen-bond donors (Lipinski definition) is 2. The summed E-state index contributed by atoms with van der Waals surface area (Å²) in [7, 11) is -2.50. The summed E-state index contributed by atoms with van der Waals surface area (Å²) >= 11 is 0. The largest absolute Gasteiger partial charge is 0.469 e. The summed E-state index contributed by atoms with van der Waals surface area (Å²) in [4.78, 5) is 21.6. The Morgan fingerprint density at radius 3 is 2.32 bits per heavy atom. The number of rotatable bonds is 6. The van der Waals surface area contributed by atoms with E-state index >= 15 is 0 Å². The second-order valence-electron chi connectivity index (χ2n) is 3.69. The molecular weight excluding hydrogens is 272 g/mol. The molecule has 7 nitrogen and oxygen atoms in total. The zero-order valence-electron chi connectivity index (χ0n) is 10.3. The monoisotopic (exact) mass is 286 g/mol. The first-order valence-electron chi connectivity index (χ1n) is 5.29. The van der Waals surface area contributed by atoms with Crippen LogP contribution in [-0.4, -0.2) is 33.9 Å². The smallest absolute Gasteiger partial charge is 0.309 e. The fraction of sp³-hybridized carbons (Fsp3) is 0.273. The number of carbonyl (C=O) groups excluding carboxylic acids is 2. The molecule has 1 aromatic carbocycles. The van der Waals surface area contributed by atoms with Gasteiger partial charge < -0.3 is 10.5 Å². The van der Waals surface area contributed by atoms with Crippen molar-refractivity contribution in [2.24, 2.45) is 5.73 Å². The molecule has 1 amide bonds. The molecule has 1 rings (SSSR count). The molecule has 0 fully saturated rings. The Labute approximate surface area is 110 Å². The van der Waals surface area contributed by atoms with Crippen molar-refractivity contribution < 1.29 is 22.7 Å². The van der Waals surface area contributed by atoms with Gasteiger partial charge >= 0.3 is 5.97 Å². The Morgan fingerprint density at radius 1 is 1.26 bits per heavy atom. The van der Waals surface area contributed by atoms with E-state index in [0.29, 0.717) is 5.56 Å².